The van der Waals surface area contributed by atoms with Crippen LogP contribution >= 0.6 is 12.2 Å². The second kappa shape index (κ2) is 5.82. The van der Waals surface area contributed by atoms with E-state index in [-0.39, 0.29) is 5.11 Å². The normalized spacial score (nSPS) is 14.1. The highest BCUT2D eigenvalue weighted by atomic mass is 32.1. The Morgan fingerprint density at radius 3 is 1.70 bits per heavy atom. The molecule has 2 nitrogen and oxygen atoms in total. The molecule has 0 bridgehead atoms. The first-order valence-corrected chi connectivity index (χ1v) is 5.27. The van der Waals surface area contributed by atoms with E-state index in [1.54, 1.807) is 0 Å². The summed E-state index contributed by atoms with van der Waals surface area (Å²) in [4.78, 5) is 0. The molecule has 0 spiro atoms. The van der Waals surface area contributed by atoms with Gasteiger partial charge in [0, 0.05) is 20.0 Å². The molecular weight excluding hydrogens is 327 g/mol. The van der Waals surface area contributed by atoms with Crippen molar-refractivity contribution in [1.82, 2.24) is 10.6 Å². The van der Waals surface area contributed by atoms with Gasteiger partial charge < -0.3 is 10.6 Å². The van der Waals surface area contributed by atoms with Gasteiger partial charge in [0.2, 0.25) is 0 Å². The Bertz CT molecular complexity index is 352. The molecular formula is C8H9F9N2S. The predicted octanol–water partition coefficient (Wildman–Crippen LogP) is 2.94. The second-order valence-electron chi connectivity index (χ2n) is 3.61. The van der Waals surface area contributed by atoms with Gasteiger partial charge in [0.05, 0.1) is 0 Å². The van der Waals surface area contributed by atoms with Crippen molar-refractivity contribution in [2.45, 2.75) is 30.4 Å². The third-order valence-corrected chi connectivity index (χ3v) is 2.51. The van der Waals surface area contributed by atoms with E-state index in [9.17, 15) is 39.5 Å². The minimum absolute atomic E-state index is 0.258. The minimum atomic E-state index is -6.85. The molecule has 0 unspecified atom stereocenters. The van der Waals surface area contributed by atoms with Gasteiger partial charge in [0.1, 0.15) is 0 Å². The average Bonchev–Trinajstić information content (AvgIpc) is 2.26. The number of alkyl halides is 9. The SMILES string of the molecule is CNC(=S)NCCC(F)(F)C(F)(F)C(F)(F)C(F)(F)F. The zero-order chi connectivity index (χ0) is 16.4. The van der Waals surface area contributed by atoms with Crippen molar-refractivity contribution in [2.75, 3.05) is 13.6 Å². The van der Waals surface area contributed by atoms with E-state index in [4.69, 9.17) is 0 Å². The van der Waals surface area contributed by atoms with E-state index in [2.05, 4.69) is 17.5 Å². The van der Waals surface area contributed by atoms with Crippen LogP contribution in [-0.2, 0) is 0 Å². The van der Waals surface area contributed by atoms with Gasteiger partial charge in [-0.1, -0.05) is 0 Å². The minimum Gasteiger partial charge on any atom is -0.366 e. The van der Waals surface area contributed by atoms with E-state index < -0.39 is 36.9 Å². The van der Waals surface area contributed by atoms with E-state index in [1.807, 2.05) is 5.32 Å². The fourth-order valence-corrected chi connectivity index (χ4v) is 1.09. The smallest absolute Gasteiger partial charge is 0.366 e. The first-order valence-electron chi connectivity index (χ1n) is 4.86. The van der Waals surface area contributed by atoms with Gasteiger partial charge in [-0.2, -0.15) is 39.5 Å². The van der Waals surface area contributed by atoms with Gasteiger partial charge in [0.25, 0.3) is 0 Å². The molecule has 0 aliphatic rings. The first kappa shape index (κ1) is 19.1. The summed E-state index contributed by atoms with van der Waals surface area (Å²) >= 11 is 4.39. The fourth-order valence-electron chi connectivity index (χ4n) is 0.986. The molecule has 0 radical (unpaired) electrons. The molecule has 0 aromatic carbocycles. The van der Waals surface area contributed by atoms with E-state index in [0.29, 0.717) is 0 Å². The Morgan fingerprint density at radius 1 is 0.900 bits per heavy atom. The average molecular weight is 336 g/mol. The van der Waals surface area contributed by atoms with Gasteiger partial charge in [-0.3, -0.25) is 0 Å². The molecule has 2 N–H and O–H groups in total. The van der Waals surface area contributed by atoms with Gasteiger partial charge >= 0.3 is 23.9 Å². The Balaban J connectivity index is 5.03. The quantitative estimate of drug-likeness (QED) is 0.596. The molecule has 0 aromatic heterocycles. The molecule has 0 aliphatic heterocycles. The van der Waals surface area contributed by atoms with Crippen LogP contribution in [0.4, 0.5) is 39.5 Å². The number of thiocarbonyl (C=S) groups is 1. The highest BCUT2D eigenvalue weighted by Crippen LogP contribution is 2.53. The lowest BCUT2D eigenvalue weighted by Gasteiger charge is -2.33. The van der Waals surface area contributed by atoms with Gasteiger partial charge in [-0.05, 0) is 12.2 Å². The molecule has 0 heterocycles. The Kier molecular flexibility index (Phi) is 5.54. The van der Waals surface area contributed by atoms with Gasteiger partial charge in [-0.25, -0.2) is 0 Å². The van der Waals surface area contributed by atoms with Crippen LogP contribution in [0.25, 0.3) is 0 Å². The number of hydrogen-bond donors (Lipinski definition) is 2. The topological polar surface area (TPSA) is 24.1 Å². The third-order valence-electron chi connectivity index (χ3n) is 2.16. The highest BCUT2D eigenvalue weighted by Gasteiger charge is 2.81. The van der Waals surface area contributed by atoms with Crippen molar-refractivity contribution < 1.29 is 39.5 Å². The largest absolute Gasteiger partial charge is 0.460 e. The fraction of sp³-hybridized carbons (Fsp3) is 0.875. The zero-order valence-corrected chi connectivity index (χ0v) is 10.5. The molecule has 20 heavy (non-hydrogen) atoms. The van der Waals surface area contributed by atoms with Crippen molar-refractivity contribution in [3.05, 3.63) is 0 Å². The first-order chi connectivity index (χ1) is 8.70. The maximum Gasteiger partial charge on any atom is 0.460 e. The predicted molar refractivity (Wildman–Crippen MR) is 55.2 cm³/mol. The summed E-state index contributed by atoms with van der Waals surface area (Å²) < 4.78 is 112. The van der Waals surface area contributed by atoms with Crippen LogP contribution < -0.4 is 10.6 Å². The lowest BCUT2D eigenvalue weighted by Crippen LogP contribution is -2.61. The van der Waals surface area contributed by atoms with Crippen molar-refractivity contribution >= 4 is 17.3 Å². The number of halogens is 9. The van der Waals surface area contributed by atoms with Crippen LogP contribution in [0.5, 0.6) is 0 Å². The van der Waals surface area contributed by atoms with Crippen LogP contribution in [0.3, 0.4) is 0 Å². The number of rotatable bonds is 5. The summed E-state index contributed by atoms with van der Waals surface area (Å²) in [6.07, 6.45) is -8.76. The molecule has 12 heteroatoms. The zero-order valence-electron chi connectivity index (χ0n) is 9.72. The Hall–Kier alpha value is -0.940. The van der Waals surface area contributed by atoms with E-state index in [0.717, 1.165) is 0 Å². The van der Waals surface area contributed by atoms with Crippen molar-refractivity contribution in [3.63, 3.8) is 0 Å². The lowest BCUT2D eigenvalue weighted by atomic mass is 10.0. The summed E-state index contributed by atoms with van der Waals surface area (Å²) in [6.45, 7) is -1.02. The van der Waals surface area contributed by atoms with Crippen LogP contribution in [-0.4, -0.2) is 42.6 Å². The second-order valence-corrected chi connectivity index (χ2v) is 4.02. The summed E-state index contributed by atoms with van der Waals surface area (Å²) in [5, 5.41) is 3.88. The summed E-state index contributed by atoms with van der Waals surface area (Å²) in [6, 6.07) is 0. The molecule has 0 atom stereocenters. The summed E-state index contributed by atoms with van der Waals surface area (Å²) in [5.41, 5.74) is 0. The maximum absolute atomic E-state index is 12.9. The molecule has 0 fully saturated rings. The maximum atomic E-state index is 12.9. The molecule has 0 saturated heterocycles. The van der Waals surface area contributed by atoms with Gasteiger partial charge in [0.15, 0.2) is 5.11 Å². The lowest BCUT2D eigenvalue weighted by molar-refractivity contribution is -0.396. The van der Waals surface area contributed by atoms with Crippen molar-refractivity contribution in [1.29, 1.82) is 0 Å². The number of hydrogen-bond acceptors (Lipinski definition) is 1. The molecule has 0 amide bonds. The monoisotopic (exact) mass is 336 g/mol. The van der Waals surface area contributed by atoms with Crippen LogP contribution in [0, 0.1) is 0 Å². The van der Waals surface area contributed by atoms with Gasteiger partial charge in [-0.15, -0.1) is 0 Å². The van der Waals surface area contributed by atoms with E-state index >= 15 is 0 Å². The Labute approximate surface area is 112 Å². The molecule has 0 aliphatic carbocycles. The van der Waals surface area contributed by atoms with Crippen LogP contribution in [0.2, 0.25) is 0 Å². The third kappa shape index (κ3) is 3.58. The molecule has 0 saturated carbocycles. The van der Waals surface area contributed by atoms with Crippen molar-refractivity contribution in [3.8, 4) is 0 Å². The van der Waals surface area contributed by atoms with Crippen LogP contribution in [0.15, 0.2) is 0 Å². The molecule has 0 rings (SSSR count). The standard InChI is InChI=1S/C8H9F9N2S/c1-18-4(20)19-3-2-5(9,10)6(11,12)7(13,14)8(15,16)17/h2-3H2,1H3,(H2,18,19,20). The number of nitrogens with one attached hydrogen (secondary N) is 2. The molecule has 120 valence electrons. The van der Waals surface area contributed by atoms with Crippen molar-refractivity contribution in [2.24, 2.45) is 0 Å². The Morgan fingerprint density at radius 2 is 1.35 bits per heavy atom. The van der Waals surface area contributed by atoms with Crippen LogP contribution in [0.1, 0.15) is 6.42 Å². The summed E-state index contributed by atoms with van der Waals surface area (Å²) in [7, 11) is 1.25. The van der Waals surface area contributed by atoms with E-state index in [1.165, 1.54) is 7.05 Å². The highest BCUT2D eigenvalue weighted by molar-refractivity contribution is 7.80. The molecule has 0 aromatic rings. The summed E-state index contributed by atoms with van der Waals surface area (Å²) in [5.74, 6) is -19.0.